The lowest BCUT2D eigenvalue weighted by molar-refractivity contribution is 0.0503. The van der Waals surface area contributed by atoms with E-state index in [4.69, 9.17) is 18.9 Å². The average molecular weight is 493 g/mol. The average Bonchev–Trinajstić information content (AvgIpc) is 2.92. The SMILES string of the molecule is C=CCOC(=O)c1ccc(C(=O)OCC=C)cc1.C=CCOC(=O)c1ccccc1C(=O)OCC=C. The van der Waals surface area contributed by atoms with Gasteiger partial charge in [0.15, 0.2) is 0 Å². The molecular formula is C28H28O8. The molecule has 0 spiro atoms. The third-order valence-corrected chi connectivity index (χ3v) is 4.05. The van der Waals surface area contributed by atoms with E-state index in [1.807, 2.05) is 0 Å². The van der Waals surface area contributed by atoms with E-state index in [1.54, 1.807) is 12.1 Å². The van der Waals surface area contributed by atoms with Crippen LogP contribution in [-0.4, -0.2) is 50.3 Å². The number of benzene rings is 2. The Kier molecular flexibility index (Phi) is 13.7. The Hall–Kier alpha value is -4.72. The van der Waals surface area contributed by atoms with Crippen LogP contribution < -0.4 is 0 Å². The molecule has 0 atom stereocenters. The molecule has 0 aliphatic rings. The smallest absolute Gasteiger partial charge is 0.339 e. The van der Waals surface area contributed by atoms with Crippen LogP contribution in [-0.2, 0) is 18.9 Å². The summed E-state index contributed by atoms with van der Waals surface area (Å²) in [6, 6.07) is 12.4. The van der Waals surface area contributed by atoms with Gasteiger partial charge in [0.2, 0.25) is 0 Å². The van der Waals surface area contributed by atoms with E-state index in [0.29, 0.717) is 11.1 Å². The van der Waals surface area contributed by atoms with Crippen molar-refractivity contribution in [3.63, 3.8) is 0 Å². The first-order chi connectivity index (χ1) is 17.4. The molecule has 0 fully saturated rings. The van der Waals surface area contributed by atoms with Crippen molar-refractivity contribution in [3.05, 3.63) is 121 Å². The third-order valence-electron chi connectivity index (χ3n) is 4.05. The quantitative estimate of drug-likeness (QED) is 0.238. The maximum atomic E-state index is 11.7. The Morgan fingerprint density at radius 3 is 1.06 bits per heavy atom. The summed E-state index contributed by atoms with van der Waals surface area (Å²) in [5.74, 6) is -2.08. The molecule has 0 saturated carbocycles. The Morgan fingerprint density at radius 1 is 0.500 bits per heavy atom. The van der Waals surface area contributed by atoms with Crippen LogP contribution in [0.2, 0.25) is 0 Å². The minimum Gasteiger partial charge on any atom is -0.458 e. The highest BCUT2D eigenvalue weighted by molar-refractivity contribution is 6.03. The largest absolute Gasteiger partial charge is 0.458 e. The van der Waals surface area contributed by atoms with E-state index in [2.05, 4.69) is 26.3 Å². The number of hydrogen-bond donors (Lipinski definition) is 0. The molecule has 8 nitrogen and oxygen atoms in total. The second-order valence-corrected chi connectivity index (χ2v) is 6.67. The van der Waals surface area contributed by atoms with Gasteiger partial charge < -0.3 is 18.9 Å². The molecule has 0 aliphatic heterocycles. The van der Waals surface area contributed by atoms with Gasteiger partial charge in [-0.2, -0.15) is 0 Å². The monoisotopic (exact) mass is 492 g/mol. The van der Waals surface area contributed by atoms with Crippen LogP contribution in [0.25, 0.3) is 0 Å². The van der Waals surface area contributed by atoms with Crippen molar-refractivity contribution in [1.29, 1.82) is 0 Å². The maximum Gasteiger partial charge on any atom is 0.339 e. The van der Waals surface area contributed by atoms with Crippen molar-refractivity contribution in [2.24, 2.45) is 0 Å². The summed E-state index contributed by atoms with van der Waals surface area (Å²) in [5.41, 5.74) is 1.09. The van der Waals surface area contributed by atoms with Gasteiger partial charge in [0.25, 0.3) is 0 Å². The fourth-order valence-corrected chi connectivity index (χ4v) is 2.44. The molecule has 0 unspecified atom stereocenters. The maximum absolute atomic E-state index is 11.7. The van der Waals surface area contributed by atoms with Crippen molar-refractivity contribution < 1.29 is 38.1 Å². The molecule has 0 bridgehead atoms. The van der Waals surface area contributed by atoms with Crippen molar-refractivity contribution in [3.8, 4) is 0 Å². The van der Waals surface area contributed by atoms with E-state index in [-0.39, 0.29) is 37.6 Å². The van der Waals surface area contributed by atoms with Gasteiger partial charge in [-0.05, 0) is 36.4 Å². The van der Waals surface area contributed by atoms with Gasteiger partial charge in [-0.1, -0.05) is 62.8 Å². The highest BCUT2D eigenvalue weighted by Gasteiger charge is 2.18. The van der Waals surface area contributed by atoms with E-state index in [9.17, 15) is 19.2 Å². The molecule has 0 amide bonds. The van der Waals surface area contributed by atoms with E-state index < -0.39 is 23.9 Å². The Balaban J connectivity index is 0.000000360. The van der Waals surface area contributed by atoms with Gasteiger partial charge >= 0.3 is 23.9 Å². The van der Waals surface area contributed by atoms with Gasteiger partial charge in [0, 0.05) is 0 Å². The molecule has 0 radical (unpaired) electrons. The highest BCUT2D eigenvalue weighted by Crippen LogP contribution is 2.12. The second-order valence-electron chi connectivity index (χ2n) is 6.67. The third kappa shape index (κ3) is 10.0. The highest BCUT2D eigenvalue weighted by atomic mass is 16.5. The summed E-state index contributed by atoms with van der Waals surface area (Å²) in [6.07, 6.45) is 5.88. The molecule has 0 aromatic heterocycles. The molecule has 0 aliphatic carbocycles. The van der Waals surface area contributed by atoms with Crippen LogP contribution >= 0.6 is 0 Å². The molecular weight excluding hydrogens is 464 g/mol. The van der Waals surface area contributed by atoms with Crippen molar-refractivity contribution >= 4 is 23.9 Å². The lowest BCUT2D eigenvalue weighted by atomic mass is 10.1. The Labute approximate surface area is 210 Å². The first-order valence-electron chi connectivity index (χ1n) is 10.7. The summed E-state index contributed by atoms with van der Waals surface area (Å²) >= 11 is 0. The van der Waals surface area contributed by atoms with Gasteiger partial charge in [-0.25, -0.2) is 19.2 Å². The van der Waals surface area contributed by atoms with E-state index in [1.165, 1.54) is 60.7 Å². The zero-order valence-corrected chi connectivity index (χ0v) is 19.9. The standard InChI is InChI=1S/2C14H14O4/c1-3-9-17-13(15)11-5-7-12(8-6-11)14(16)18-10-4-2;1-3-9-17-13(15)11-7-5-6-8-12(11)14(16)18-10-4-2/h2*3-8H,1-2,9-10H2. The lowest BCUT2D eigenvalue weighted by Crippen LogP contribution is -2.14. The van der Waals surface area contributed by atoms with Gasteiger partial charge in [0.1, 0.15) is 26.4 Å². The Morgan fingerprint density at radius 2 is 0.778 bits per heavy atom. The van der Waals surface area contributed by atoms with Crippen LogP contribution in [0.3, 0.4) is 0 Å². The molecule has 0 saturated heterocycles. The second kappa shape index (κ2) is 16.8. The minimum atomic E-state index is -0.582. The number of ether oxygens (including phenoxy) is 4. The van der Waals surface area contributed by atoms with Crippen molar-refractivity contribution in [1.82, 2.24) is 0 Å². The van der Waals surface area contributed by atoms with Gasteiger partial charge in [0.05, 0.1) is 22.3 Å². The van der Waals surface area contributed by atoms with Crippen LogP contribution in [0.5, 0.6) is 0 Å². The molecule has 2 rings (SSSR count). The summed E-state index contributed by atoms with van der Waals surface area (Å²) < 4.78 is 19.5. The molecule has 0 heterocycles. The summed E-state index contributed by atoms with van der Waals surface area (Å²) in [5, 5.41) is 0. The lowest BCUT2D eigenvalue weighted by Gasteiger charge is -2.07. The number of carbonyl (C=O) groups is 4. The fourth-order valence-electron chi connectivity index (χ4n) is 2.44. The fraction of sp³-hybridized carbons (Fsp3) is 0.143. The van der Waals surface area contributed by atoms with Crippen LogP contribution in [0.1, 0.15) is 41.4 Å². The first kappa shape index (κ1) is 29.3. The minimum absolute atomic E-state index is 0.0921. The zero-order chi connectivity index (χ0) is 26.8. The summed E-state index contributed by atoms with van der Waals surface area (Å²) in [7, 11) is 0. The molecule has 2 aromatic rings. The zero-order valence-electron chi connectivity index (χ0n) is 19.9. The van der Waals surface area contributed by atoms with Crippen LogP contribution in [0.4, 0.5) is 0 Å². The van der Waals surface area contributed by atoms with Gasteiger partial charge in [-0.15, -0.1) is 0 Å². The normalized spacial score (nSPS) is 9.33. The Bertz CT molecular complexity index is 997. The number of carbonyl (C=O) groups excluding carboxylic acids is 4. The van der Waals surface area contributed by atoms with E-state index in [0.717, 1.165) is 0 Å². The first-order valence-corrected chi connectivity index (χ1v) is 10.7. The van der Waals surface area contributed by atoms with Crippen molar-refractivity contribution in [2.75, 3.05) is 26.4 Å². The van der Waals surface area contributed by atoms with E-state index >= 15 is 0 Å². The summed E-state index contributed by atoms with van der Waals surface area (Å²) in [6.45, 7) is 14.3. The van der Waals surface area contributed by atoms with Crippen LogP contribution in [0, 0.1) is 0 Å². The molecule has 36 heavy (non-hydrogen) atoms. The predicted molar refractivity (Wildman–Crippen MR) is 135 cm³/mol. The number of rotatable bonds is 12. The molecule has 188 valence electrons. The van der Waals surface area contributed by atoms with Crippen LogP contribution in [0.15, 0.2) is 99.2 Å². The molecule has 2 aromatic carbocycles. The van der Waals surface area contributed by atoms with Crippen molar-refractivity contribution in [2.45, 2.75) is 0 Å². The predicted octanol–water partition coefficient (Wildman–Crippen LogP) is 4.74. The topological polar surface area (TPSA) is 105 Å². The number of hydrogen-bond acceptors (Lipinski definition) is 8. The van der Waals surface area contributed by atoms with Gasteiger partial charge in [-0.3, -0.25) is 0 Å². The summed E-state index contributed by atoms with van der Waals surface area (Å²) in [4.78, 5) is 46.3. The number of esters is 4. The molecule has 8 heteroatoms. The molecule has 0 N–H and O–H groups in total.